The molecule has 0 bridgehead atoms. The van der Waals surface area contributed by atoms with Crippen molar-refractivity contribution in [3.8, 4) is 0 Å². The number of carbonyl (C=O) groups excluding carboxylic acids is 1. The highest BCUT2D eigenvalue weighted by Gasteiger charge is 1.91. The second-order valence-electron chi connectivity index (χ2n) is 4.41. The Morgan fingerprint density at radius 3 is 2.10 bits per heavy atom. The third kappa shape index (κ3) is 14.0. The van der Waals surface area contributed by atoms with E-state index in [2.05, 4.69) is 24.9 Å². The second-order valence-corrected chi connectivity index (χ2v) is 4.41. The molecule has 0 aliphatic heterocycles. The fourth-order valence-electron chi connectivity index (χ4n) is 1.17. The topological polar surface area (TPSA) is 29.1 Å². The lowest BCUT2D eigenvalue weighted by atomic mass is 10.3. The average molecular weight is 271 g/mol. The first-order valence-corrected chi connectivity index (χ1v) is 6.92. The summed E-state index contributed by atoms with van der Waals surface area (Å²) in [6, 6.07) is 0. The van der Waals surface area contributed by atoms with E-state index in [1.54, 1.807) is 6.08 Å². The normalized spacial score (nSPS) is 12.5. The summed E-state index contributed by atoms with van der Waals surface area (Å²) in [5.41, 5.74) is 0.935. The van der Waals surface area contributed by atoms with Crippen LogP contribution in [-0.2, 0) is 4.79 Å². The van der Waals surface area contributed by atoms with Crippen LogP contribution in [0.1, 0.15) is 26.7 Å². The van der Waals surface area contributed by atoms with Crippen LogP contribution in [-0.4, -0.2) is 12.5 Å². The van der Waals surface area contributed by atoms with Gasteiger partial charge in [-0.05, 0) is 13.3 Å². The first-order valence-electron chi connectivity index (χ1n) is 6.92. The van der Waals surface area contributed by atoms with Gasteiger partial charge in [0.05, 0.1) is 0 Å². The number of hydrogen-bond donors (Lipinski definition) is 1. The summed E-state index contributed by atoms with van der Waals surface area (Å²) in [5.74, 6) is -0.109. The predicted octanol–water partition coefficient (Wildman–Crippen LogP) is 4.26. The molecule has 108 valence electrons. The number of unbranched alkanes of at least 4 members (excludes halogenated alkanes) is 1. The molecule has 0 aromatic heterocycles. The van der Waals surface area contributed by atoms with Crippen LogP contribution in [0.5, 0.6) is 0 Å². The van der Waals surface area contributed by atoms with Crippen LogP contribution in [0.15, 0.2) is 72.9 Å². The van der Waals surface area contributed by atoms with Crippen molar-refractivity contribution in [1.29, 1.82) is 0 Å². The Labute approximate surface area is 123 Å². The summed E-state index contributed by atoms with van der Waals surface area (Å²) in [6.45, 7) is 8.27. The molecule has 0 aliphatic carbocycles. The summed E-state index contributed by atoms with van der Waals surface area (Å²) in [6.07, 6.45) is 21.2. The van der Waals surface area contributed by atoms with Crippen LogP contribution < -0.4 is 5.32 Å². The lowest BCUT2D eigenvalue weighted by Gasteiger charge is -1.98. The van der Waals surface area contributed by atoms with E-state index in [4.69, 9.17) is 0 Å². The van der Waals surface area contributed by atoms with Gasteiger partial charge < -0.3 is 5.32 Å². The van der Waals surface area contributed by atoms with E-state index >= 15 is 0 Å². The maximum Gasteiger partial charge on any atom is 0.244 e. The molecule has 0 spiro atoms. The Hall–Kier alpha value is -2.09. The van der Waals surface area contributed by atoms with Gasteiger partial charge in [0.2, 0.25) is 5.91 Å². The Bertz CT molecular complexity index is 423. The maximum atomic E-state index is 11.3. The van der Waals surface area contributed by atoms with Gasteiger partial charge in [-0.25, -0.2) is 0 Å². The molecule has 1 N–H and O–H groups in total. The summed E-state index contributed by atoms with van der Waals surface area (Å²) in [7, 11) is 0. The van der Waals surface area contributed by atoms with Crippen LogP contribution in [0.4, 0.5) is 0 Å². The Kier molecular flexibility index (Phi) is 11.9. The smallest absolute Gasteiger partial charge is 0.244 e. The third-order valence-corrected chi connectivity index (χ3v) is 2.18. The van der Waals surface area contributed by atoms with Crippen molar-refractivity contribution >= 4 is 5.91 Å². The fourth-order valence-corrected chi connectivity index (χ4v) is 1.17. The molecule has 0 fully saturated rings. The number of amides is 1. The third-order valence-electron chi connectivity index (χ3n) is 2.18. The number of allylic oxidation sites excluding steroid dienone is 9. The van der Waals surface area contributed by atoms with Crippen LogP contribution in [0, 0.1) is 0 Å². The van der Waals surface area contributed by atoms with Crippen molar-refractivity contribution < 1.29 is 4.79 Å². The minimum absolute atomic E-state index is 0.109. The molecule has 0 rings (SSSR count). The second kappa shape index (κ2) is 13.3. The van der Waals surface area contributed by atoms with E-state index in [-0.39, 0.29) is 5.91 Å². The van der Waals surface area contributed by atoms with E-state index in [0.29, 0.717) is 6.54 Å². The van der Waals surface area contributed by atoms with Gasteiger partial charge in [0, 0.05) is 12.6 Å². The molecular weight excluding hydrogens is 246 g/mol. The highest BCUT2D eigenvalue weighted by Crippen LogP contribution is 1.89. The van der Waals surface area contributed by atoms with Crippen molar-refractivity contribution in [2.75, 3.05) is 6.54 Å². The van der Waals surface area contributed by atoms with Crippen LogP contribution in [0.3, 0.4) is 0 Å². The van der Waals surface area contributed by atoms with Crippen molar-refractivity contribution in [3.05, 3.63) is 72.9 Å². The first-order chi connectivity index (χ1) is 9.66. The van der Waals surface area contributed by atoms with Crippen molar-refractivity contribution in [2.45, 2.75) is 26.7 Å². The zero-order valence-corrected chi connectivity index (χ0v) is 12.5. The standard InChI is InChI=1S/C18H25NO/c1-4-5-6-7-8-9-10-11-12-13-14-15-18(20)19-16-17(2)3/h6-15H,2,4-5,16H2,1,3H3,(H,19,20)/b7-6+,9-8-,11-10+,13-12+,15-14+. The lowest BCUT2D eigenvalue weighted by molar-refractivity contribution is -0.116. The van der Waals surface area contributed by atoms with Gasteiger partial charge in [-0.3, -0.25) is 4.79 Å². The summed E-state index contributed by atoms with van der Waals surface area (Å²) in [4.78, 5) is 11.3. The molecule has 2 nitrogen and oxygen atoms in total. The van der Waals surface area contributed by atoms with Crippen LogP contribution in [0.25, 0.3) is 0 Å². The van der Waals surface area contributed by atoms with Gasteiger partial charge in [0.1, 0.15) is 0 Å². The number of carbonyl (C=O) groups is 1. The minimum atomic E-state index is -0.109. The number of hydrogen-bond acceptors (Lipinski definition) is 1. The molecule has 2 heteroatoms. The van der Waals surface area contributed by atoms with E-state index in [9.17, 15) is 4.79 Å². The monoisotopic (exact) mass is 271 g/mol. The van der Waals surface area contributed by atoms with E-state index < -0.39 is 0 Å². The number of rotatable bonds is 9. The Balaban J connectivity index is 3.84. The molecule has 0 aromatic carbocycles. The first kappa shape index (κ1) is 17.9. The minimum Gasteiger partial charge on any atom is -0.349 e. The SMILES string of the molecule is C=C(C)CNC(=O)/C=C/C=C/C=C/C=C\C=C\CCC. The predicted molar refractivity (Wildman–Crippen MR) is 88.4 cm³/mol. The lowest BCUT2D eigenvalue weighted by Crippen LogP contribution is -2.22. The van der Waals surface area contributed by atoms with Crippen molar-refractivity contribution in [3.63, 3.8) is 0 Å². The zero-order chi connectivity index (χ0) is 15.1. The summed E-state index contributed by atoms with van der Waals surface area (Å²) in [5, 5.41) is 2.72. The molecule has 0 aliphatic rings. The van der Waals surface area contributed by atoms with Crippen molar-refractivity contribution in [2.24, 2.45) is 0 Å². The summed E-state index contributed by atoms with van der Waals surface area (Å²) < 4.78 is 0. The highest BCUT2D eigenvalue weighted by atomic mass is 16.1. The van der Waals surface area contributed by atoms with Gasteiger partial charge >= 0.3 is 0 Å². The fraction of sp³-hybridized carbons (Fsp3) is 0.278. The van der Waals surface area contributed by atoms with Gasteiger partial charge in [0.25, 0.3) is 0 Å². The van der Waals surface area contributed by atoms with Crippen LogP contribution >= 0.6 is 0 Å². The van der Waals surface area contributed by atoms with E-state index in [1.165, 1.54) is 12.5 Å². The molecule has 0 saturated carbocycles. The maximum absolute atomic E-state index is 11.3. The Morgan fingerprint density at radius 2 is 1.55 bits per heavy atom. The quantitative estimate of drug-likeness (QED) is 0.379. The highest BCUT2D eigenvalue weighted by molar-refractivity contribution is 5.87. The molecule has 0 heterocycles. The van der Waals surface area contributed by atoms with Gasteiger partial charge in [0.15, 0.2) is 0 Å². The molecule has 0 aromatic rings. The average Bonchev–Trinajstić information content (AvgIpc) is 2.42. The molecule has 20 heavy (non-hydrogen) atoms. The number of nitrogens with one attached hydrogen (secondary N) is 1. The molecule has 0 unspecified atom stereocenters. The zero-order valence-electron chi connectivity index (χ0n) is 12.5. The molecule has 1 amide bonds. The van der Waals surface area contributed by atoms with E-state index in [0.717, 1.165) is 12.0 Å². The summed E-state index contributed by atoms with van der Waals surface area (Å²) >= 11 is 0. The van der Waals surface area contributed by atoms with Gasteiger partial charge in [-0.15, -0.1) is 0 Å². The van der Waals surface area contributed by atoms with Crippen molar-refractivity contribution in [1.82, 2.24) is 5.32 Å². The van der Waals surface area contributed by atoms with Gasteiger partial charge in [-0.1, -0.05) is 80.2 Å². The van der Waals surface area contributed by atoms with Crippen LogP contribution in [0.2, 0.25) is 0 Å². The van der Waals surface area contributed by atoms with Gasteiger partial charge in [-0.2, -0.15) is 0 Å². The molecule has 0 radical (unpaired) electrons. The molecule has 0 atom stereocenters. The van der Waals surface area contributed by atoms with E-state index in [1.807, 2.05) is 49.5 Å². The Morgan fingerprint density at radius 1 is 1.00 bits per heavy atom. The molecule has 0 saturated heterocycles. The largest absolute Gasteiger partial charge is 0.349 e. The molecular formula is C18H25NO.